The second-order valence-corrected chi connectivity index (χ2v) is 5.54. The Kier molecular flexibility index (Phi) is 4.70. The molecule has 0 N–H and O–H groups in total. The average Bonchev–Trinajstić information content (AvgIpc) is 2.43. The third-order valence-corrected chi connectivity index (χ3v) is 4.02. The number of hydrogen-bond acceptors (Lipinski definition) is 0. The summed E-state index contributed by atoms with van der Waals surface area (Å²) in [4.78, 5) is -0.0139. The predicted octanol–water partition coefficient (Wildman–Crippen LogP) is 5.21. The first kappa shape index (κ1) is 14.2. The van der Waals surface area contributed by atoms with E-state index in [1.54, 1.807) is 12.1 Å². The van der Waals surface area contributed by atoms with Gasteiger partial charge < -0.3 is 0 Å². The first-order valence-corrected chi connectivity index (χ1v) is 7.19. The molecule has 100 valence electrons. The molecule has 0 aliphatic rings. The minimum atomic E-state index is -0.791. The van der Waals surface area contributed by atoms with Crippen LogP contribution >= 0.6 is 15.9 Å². The van der Waals surface area contributed by atoms with Crippen molar-refractivity contribution in [2.24, 2.45) is 0 Å². The number of halogens is 3. The van der Waals surface area contributed by atoms with Crippen LogP contribution in [0.3, 0.4) is 0 Å². The molecule has 2 rings (SSSR count). The van der Waals surface area contributed by atoms with Crippen LogP contribution in [-0.4, -0.2) is 0 Å². The van der Waals surface area contributed by atoms with E-state index in [2.05, 4.69) is 28.9 Å². The molecule has 1 unspecified atom stereocenters. The van der Waals surface area contributed by atoms with Gasteiger partial charge in [-0.2, -0.15) is 0 Å². The van der Waals surface area contributed by atoms with Crippen molar-refractivity contribution in [2.45, 2.75) is 24.6 Å². The summed E-state index contributed by atoms with van der Waals surface area (Å²) in [6, 6.07) is 12.3. The van der Waals surface area contributed by atoms with E-state index in [1.807, 2.05) is 18.2 Å². The topological polar surface area (TPSA) is 0 Å². The van der Waals surface area contributed by atoms with Gasteiger partial charge in [0.1, 0.15) is 0 Å². The molecule has 1 atom stereocenters. The van der Waals surface area contributed by atoms with Gasteiger partial charge in [0.2, 0.25) is 0 Å². The van der Waals surface area contributed by atoms with Crippen LogP contribution in [0.4, 0.5) is 8.78 Å². The van der Waals surface area contributed by atoms with Crippen molar-refractivity contribution in [3.63, 3.8) is 0 Å². The third-order valence-electron chi connectivity index (χ3n) is 3.20. The molecule has 0 aliphatic heterocycles. The van der Waals surface area contributed by atoms with E-state index in [-0.39, 0.29) is 4.83 Å². The van der Waals surface area contributed by atoms with Crippen LogP contribution in [0.25, 0.3) is 0 Å². The van der Waals surface area contributed by atoms with Crippen molar-refractivity contribution in [3.05, 3.63) is 70.8 Å². The van der Waals surface area contributed by atoms with Gasteiger partial charge in [-0.15, -0.1) is 0 Å². The van der Waals surface area contributed by atoms with E-state index >= 15 is 0 Å². The second-order valence-electron chi connectivity index (χ2n) is 4.44. The Morgan fingerprint density at radius 3 is 2.42 bits per heavy atom. The number of aryl methyl sites for hydroxylation is 1. The summed E-state index contributed by atoms with van der Waals surface area (Å²) in [6.45, 7) is 2.08. The maximum atomic E-state index is 13.7. The summed E-state index contributed by atoms with van der Waals surface area (Å²) < 4.78 is 26.9. The summed E-state index contributed by atoms with van der Waals surface area (Å²) in [6.07, 6.45) is 1.35. The fraction of sp³-hybridized carbons (Fsp3) is 0.250. The lowest BCUT2D eigenvalue weighted by atomic mass is 9.98. The van der Waals surface area contributed by atoms with Gasteiger partial charge in [-0.3, -0.25) is 0 Å². The van der Waals surface area contributed by atoms with Crippen LogP contribution in [0.5, 0.6) is 0 Å². The zero-order valence-corrected chi connectivity index (χ0v) is 12.3. The molecule has 0 amide bonds. The highest BCUT2D eigenvalue weighted by molar-refractivity contribution is 9.09. The summed E-state index contributed by atoms with van der Waals surface area (Å²) in [7, 11) is 0. The van der Waals surface area contributed by atoms with Crippen LogP contribution in [0.1, 0.15) is 28.4 Å². The minimum absolute atomic E-state index is 0.0139. The van der Waals surface area contributed by atoms with E-state index in [0.29, 0.717) is 12.0 Å². The first-order valence-electron chi connectivity index (χ1n) is 6.28. The highest BCUT2D eigenvalue weighted by Crippen LogP contribution is 2.31. The Morgan fingerprint density at radius 2 is 1.68 bits per heavy atom. The monoisotopic (exact) mass is 324 g/mol. The minimum Gasteiger partial charge on any atom is -0.204 e. The normalized spacial score (nSPS) is 12.4. The molecule has 0 fully saturated rings. The van der Waals surface area contributed by atoms with Crippen molar-refractivity contribution in [1.82, 2.24) is 0 Å². The third kappa shape index (κ3) is 3.21. The van der Waals surface area contributed by atoms with Gasteiger partial charge in [0, 0.05) is 4.83 Å². The lowest BCUT2D eigenvalue weighted by Crippen LogP contribution is -2.02. The summed E-state index contributed by atoms with van der Waals surface area (Å²) >= 11 is 3.58. The number of benzene rings is 2. The number of alkyl halides is 1. The molecule has 0 heterocycles. The second kappa shape index (κ2) is 6.29. The summed E-state index contributed by atoms with van der Waals surface area (Å²) in [5.41, 5.74) is 2.75. The zero-order chi connectivity index (χ0) is 13.8. The van der Waals surface area contributed by atoms with Gasteiger partial charge in [0.25, 0.3) is 0 Å². The standard InChI is InChI=1S/C16H15BrF2/c1-2-11-6-3-4-8-13(11)14(17)10-12-7-5-9-15(18)16(12)19/h3-9,14H,2,10H2,1H3. The van der Waals surface area contributed by atoms with Gasteiger partial charge in [0.05, 0.1) is 0 Å². The molecule has 0 saturated heterocycles. The molecular weight excluding hydrogens is 310 g/mol. The number of hydrogen-bond donors (Lipinski definition) is 0. The predicted molar refractivity (Wildman–Crippen MR) is 77.6 cm³/mol. The zero-order valence-electron chi connectivity index (χ0n) is 10.7. The van der Waals surface area contributed by atoms with Gasteiger partial charge in [0.15, 0.2) is 11.6 Å². The van der Waals surface area contributed by atoms with Crippen LogP contribution in [0.15, 0.2) is 42.5 Å². The van der Waals surface area contributed by atoms with Gasteiger partial charge in [-0.1, -0.05) is 59.3 Å². The molecular formula is C16H15BrF2. The van der Waals surface area contributed by atoms with E-state index in [1.165, 1.54) is 5.56 Å². The molecule has 19 heavy (non-hydrogen) atoms. The van der Waals surface area contributed by atoms with Gasteiger partial charge in [-0.05, 0) is 35.6 Å². The van der Waals surface area contributed by atoms with Crippen molar-refractivity contribution in [3.8, 4) is 0 Å². The molecule has 0 bridgehead atoms. The van der Waals surface area contributed by atoms with Crippen LogP contribution in [-0.2, 0) is 12.8 Å². The van der Waals surface area contributed by atoms with Crippen molar-refractivity contribution in [1.29, 1.82) is 0 Å². The molecule has 3 heteroatoms. The fourth-order valence-corrected chi connectivity index (χ4v) is 2.97. The lowest BCUT2D eigenvalue weighted by molar-refractivity contribution is 0.498. The smallest absolute Gasteiger partial charge is 0.162 e. The van der Waals surface area contributed by atoms with E-state index < -0.39 is 11.6 Å². The maximum absolute atomic E-state index is 13.7. The molecule has 0 spiro atoms. The number of rotatable bonds is 4. The molecule has 0 saturated carbocycles. The molecule has 0 aromatic heterocycles. The first-order chi connectivity index (χ1) is 9.13. The largest absolute Gasteiger partial charge is 0.204 e. The highest BCUT2D eigenvalue weighted by atomic mass is 79.9. The van der Waals surface area contributed by atoms with E-state index in [9.17, 15) is 8.78 Å². The lowest BCUT2D eigenvalue weighted by Gasteiger charge is -2.15. The van der Waals surface area contributed by atoms with Crippen molar-refractivity contribution < 1.29 is 8.78 Å². The van der Waals surface area contributed by atoms with Crippen LogP contribution in [0, 0.1) is 11.6 Å². The Bertz CT molecular complexity index is 566. The van der Waals surface area contributed by atoms with Crippen molar-refractivity contribution in [2.75, 3.05) is 0 Å². The summed E-state index contributed by atoms with van der Waals surface area (Å²) in [5.74, 6) is -1.54. The van der Waals surface area contributed by atoms with E-state index in [4.69, 9.17) is 0 Å². The van der Waals surface area contributed by atoms with Crippen molar-refractivity contribution >= 4 is 15.9 Å². The van der Waals surface area contributed by atoms with Crippen LogP contribution < -0.4 is 0 Å². The van der Waals surface area contributed by atoms with Gasteiger partial charge in [-0.25, -0.2) is 8.78 Å². The maximum Gasteiger partial charge on any atom is 0.162 e. The fourth-order valence-electron chi connectivity index (χ4n) is 2.17. The Morgan fingerprint density at radius 1 is 1.00 bits per heavy atom. The molecule has 2 aromatic carbocycles. The quantitative estimate of drug-likeness (QED) is 0.677. The molecule has 0 radical (unpaired) electrons. The molecule has 2 aromatic rings. The van der Waals surface area contributed by atoms with Crippen LogP contribution in [0.2, 0.25) is 0 Å². The average molecular weight is 325 g/mol. The molecule has 0 aliphatic carbocycles. The van der Waals surface area contributed by atoms with E-state index in [0.717, 1.165) is 18.1 Å². The summed E-state index contributed by atoms with van der Waals surface area (Å²) in [5, 5.41) is 0. The molecule has 0 nitrogen and oxygen atoms in total. The Hall–Kier alpha value is -1.22. The van der Waals surface area contributed by atoms with Gasteiger partial charge >= 0.3 is 0 Å². The Labute approximate surface area is 120 Å². The Balaban J connectivity index is 2.26. The highest BCUT2D eigenvalue weighted by Gasteiger charge is 2.15. The SMILES string of the molecule is CCc1ccccc1C(Br)Cc1cccc(F)c1F.